The van der Waals surface area contributed by atoms with Crippen LogP contribution in [-0.2, 0) is 4.79 Å². The number of carbonyl (C=O) groups is 2. The van der Waals surface area contributed by atoms with Crippen molar-refractivity contribution in [2.75, 3.05) is 50.7 Å². The van der Waals surface area contributed by atoms with Gasteiger partial charge in [-0.3, -0.25) is 14.2 Å². The van der Waals surface area contributed by atoms with E-state index in [2.05, 4.69) is 20.3 Å². The molecule has 5 rings (SSSR count). The molecule has 0 bridgehead atoms. The molecule has 12 nitrogen and oxygen atoms in total. The summed E-state index contributed by atoms with van der Waals surface area (Å²) in [6.45, 7) is 0.832. The number of aldehydes is 1. The Labute approximate surface area is 252 Å². The molecule has 0 fully saturated rings. The van der Waals surface area contributed by atoms with Gasteiger partial charge in [0.1, 0.15) is 18.1 Å². The molecule has 0 unspecified atom stereocenters. The van der Waals surface area contributed by atoms with Crippen molar-refractivity contribution < 1.29 is 14.0 Å². The lowest BCUT2D eigenvalue weighted by molar-refractivity contribution is -0.104. The van der Waals surface area contributed by atoms with Crippen molar-refractivity contribution in [3.05, 3.63) is 107 Å². The van der Waals surface area contributed by atoms with Gasteiger partial charge in [0.2, 0.25) is 0 Å². The van der Waals surface area contributed by atoms with E-state index >= 15 is 0 Å². The Hall–Kier alpha value is -5.69. The number of hydrogen-bond donors (Lipinski definition) is 2. The summed E-state index contributed by atoms with van der Waals surface area (Å²) in [5, 5.41) is 2.43. The predicted molar refractivity (Wildman–Crippen MR) is 169 cm³/mol. The third-order valence-electron chi connectivity index (χ3n) is 6.32. The van der Waals surface area contributed by atoms with Gasteiger partial charge in [0.25, 0.3) is 5.91 Å². The lowest BCUT2D eigenvalue weighted by atomic mass is 10.2. The molecule has 3 aromatic heterocycles. The van der Waals surface area contributed by atoms with E-state index < -0.39 is 17.4 Å². The first kappa shape index (κ1) is 31.3. The number of nitrogens with zero attached hydrogens (tertiary/aromatic N) is 7. The summed E-state index contributed by atoms with van der Waals surface area (Å²) in [5.74, 6) is -1.23. The number of benzene rings is 2. The number of likely N-dealkylation sites (N-methyl/N-ethyl adjacent to an activating group) is 1. The van der Waals surface area contributed by atoms with E-state index in [1.54, 1.807) is 18.2 Å². The van der Waals surface area contributed by atoms with Gasteiger partial charge >= 0.3 is 5.69 Å². The van der Waals surface area contributed by atoms with E-state index in [0.717, 1.165) is 18.5 Å². The minimum absolute atomic E-state index is 0.132. The molecule has 0 saturated heterocycles. The first-order chi connectivity index (χ1) is 21.1. The number of aromatic nitrogens is 5. The third kappa shape index (κ3) is 7.02. The standard InChI is InChI=1S/C25H21FN8O2.C6H11NO/c1-32(2)17-5-3-6-18(13-17)34-23-20(21(27)29-14-30-23)33(25(34)36)16-10-8-15(9-11-16)24(35)31-22-19(26)7-4-12-28-22;1-7(2)5-3-4-6-8/h3-14H,1-2H3,(H2,27,29,30)(H,28,31,35);3-4,6H,5H2,1-2H3/b;4-3+. The summed E-state index contributed by atoms with van der Waals surface area (Å²) in [6.07, 6.45) is 6.78. The first-order valence-corrected chi connectivity index (χ1v) is 13.4. The second kappa shape index (κ2) is 14.0. The number of amides is 1. The smallest absolute Gasteiger partial charge is 0.339 e. The summed E-state index contributed by atoms with van der Waals surface area (Å²) < 4.78 is 16.7. The van der Waals surface area contributed by atoms with Crippen LogP contribution >= 0.6 is 0 Å². The van der Waals surface area contributed by atoms with Gasteiger partial charge in [-0.25, -0.2) is 28.7 Å². The van der Waals surface area contributed by atoms with Crippen molar-refractivity contribution >= 4 is 40.7 Å². The highest BCUT2D eigenvalue weighted by Gasteiger charge is 2.21. The van der Waals surface area contributed by atoms with Gasteiger partial charge in [0.15, 0.2) is 23.1 Å². The maximum Gasteiger partial charge on any atom is 0.339 e. The van der Waals surface area contributed by atoms with E-state index in [1.165, 1.54) is 52.0 Å². The number of rotatable bonds is 8. The van der Waals surface area contributed by atoms with Crippen LogP contribution in [0.4, 0.5) is 21.7 Å². The van der Waals surface area contributed by atoms with Gasteiger partial charge in [0, 0.05) is 38.1 Å². The monoisotopic (exact) mass is 597 g/mol. The molecule has 0 aliphatic carbocycles. The number of hydrogen-bond acceptors (Lipinski definition) is 9. The number of nitrogens with two attached hydrogens (primary N) is 1. The minimum Gasteiger partial charge on any atom is -0.382 e. The van der Waals surface area contributed by atoms with Gasteiger partial charge in [-0.1, -0.05) is 12.1 Å². The minimum atomic E-state index is -0.643. The Bertz CT molecular complexity index is 1860. The summed E-state index contributed by atoms with van der Waals surface area (Å²) in [7, 11) is 7.72. The van der Waals surface area contributed by atoms with Gasteiger partial charge in [-0.15, -0.1) is 0 Å². The third-order valence-corrected chi connectivity index (χ3v) is 6.32. The molecule has 0 spiro atoms. The first-order valence-electron chi connectivity index (χ1n) is 13.4. The summed E-state index contributed by atoms with van der Waals surface area (Å²) >= 11 is 0. The fourth-order valence-corrected chi connectivity index (χ4v) is 4.18. The number of pyridine rings is 1. The molecule has 13 heteroatoms. The highest BCUT2D eigenvalue weighted by molar-refractivity contribution is 6.04. The molecule has 1 amide bonds. The lowest BCUT2D eigenvalue weighted by Crippen LogP contribution is -2.22. The maximum absolute atomic E-state index is 13.8. The Kier molecular flexibility index (Phi) is 9.93. The number of nitrogens with one attached hydrogen (secondary N) is 1. The van der Waals surface area contributed by atoms with Crippen LogP contribution in [0.5, 0.6) is 0 Å². The van der Waals surface area contributed by atoms with Gasteiger partial charge in [0.05, 0.1) is 11.4 Å². The van der Waals surface area contributed by atoms with E-state index in [0.29, 0.717) is 22.5 Å². The average molecular weight is 598 g/mol. The van der Waals surface area contributed by atoms with Crippen LogP contribution in [0.1, 0.15) is 10.4 Å². The summed E-state index contributed by atoms with van der Waals surface area (Å²) in [5.41, 5.74) is 8.68. The molecule has 44 heavy (non-hydrogen) atoms. The lowest BCUT2D eigenvalue weighted by Gasteiger charge is -2.13. The van der Waals surface area contributed by atoms with E-state index in [-0.39, 0.29) is 17.2 Å². The maximum atomic E-state index is 13.8. The van der Waals surface area contributed by atoms with Crippen molar-refractivity contribution in [3.63, 3.8) is 0 Å². The van der Waals surface area contributed by atoms with Gasteiger partial charge < -0.3 is 20.9 Å². The van der Waals surface area contributed by atoms with Crippen molar-refractivity contribution in [1.82, 2.24) is 29.0 Å². The second-order valence-electron chi connectivity index (χ2n) is 9.96. The molecule has 3 N–H and O–H groups in total. The fourth-order valence-electron chi connectivity index (χ4n) is 4.18. The number of carbonyl (C=O) groups excluding carboxylic acids is 2. The summed E-state index contributed by atoms with van der Waals surface area (Å²) in [6, 6.07) is 16.3. The molecule has 0 saturated carbocycles. The molecule has 0 aliphatic heterocycles. The predicted octanol–water partition coefficient (Wildman–Crippen LogP) is 3.31. The molecule has 0 aliphatic rings. The number of imidazole rings is 1. The SMILES string of the molecule is CN(C)C/C=C/C=O.CN(C)c1cccc(-n2c(=O)n(-c3ccc(C(=O)Nc4ncccc4F)cc3)c3c(N)ncnc32)c1. The van der Waals surface area contributed by atoms with E-state index in [4.69, 9.17) is 5.73 Å². The van der Waals surface area contributed by atoms with Crippen molar-refractivity contribution in [1.29, 1.82) is 0 Å². The van der Waals surface area contributed by atoms with Crippen LogP contribution in [0.2, 0.25) is 0 Å². The molecule has 2 aromatic carbocycles. The largest absolute Gasteiger partial charge is 0.382 e. The summed E-state index contributed by atoms with van der Waals surface area (Å²) in [4.78, 5) is 52.1. The average Bonchev–Trinajstić information content (AvgIpc) is 3.31. The van der Waals surface area contributed by atoms with Crippen LogP contribution in [0.3, 0.4) is 0 Å². The van der Waals surface area contributed by atoms with Gasteiger partial charge in [-0.2, -0.15) is 0 Å². The van der Waals surface area contributed by atoms with Crippen LogP contribution < -0.4 is 21.6 Å². The zero-order chi connectivity index (χ0) is 31.8. The number of nitrogen functional groups attached to an aromatic ring is 1. The van der Waals surface area contributed by atoms with Gasteiger partial charge in [-0.05, 0) is 74.8 Å². The molecule has 0 atom stereocenters. The highest BCUT2D eigenvalue weighted by Crippen LogP contribution is 2.25. The van der Waals surface area contributed by atoms with Crippen LogP contribution in [0.15, 0.2) is 90.1 Å². The molecular formula is C31H32FN9O3. The number of fused-ring (bicyclic) bond motifs is 1. The van der Waals surface area contributed by atoms with Crippen LogP contribution in [-0.4, -0.2) is 75.9 Å². The normalized spacial score (nSPS) is 11.0. The number of allylic oxidation sites excluding steroid dienone is 1. The number of halogens is 1. The Morgan fingerprint density at radius 2 is 1.73 bits per heavy atom. The van der Waals surface area contributed by atoms with E-state index in [9.17, 15) is 18.8 Å². The van der Waals surface area contributed by atoms with Crippen molar-refractivity contribution in [2.45, 2.75) is 0 Å². The van der Waals surface area contributed by atoms with Crippen molar-refractivity contribution in [2.24, 2.45) is 0 Å². The topological polar surface area (TPSA) is 144 Å². The Morgan fingerprint density at radius 3 is 2.39 bits per heavy atom. The van der Waals surface area contributed by atoms with Crippen LogP contribution in [0, 0.1) is 5.82 Å². The second-order valence-corrected chi connectivity index (χ2v) is 9.96. The molecule has 226 valence electrons. The number of anilines is 3. The highest BCUT2D eigenvalue weighted by atomic mass is 19.1. The van der Waals surface area contributed by atoms with E-state index in [1.807, 2.05) is 62.3 Å². The fraction of sp³-hybridized carbons (Fsp3) is 0.161. The Balaban J connectivity index is 0.000000488. The quantitative estimate of drug-likeness (QED) is 0.203. The molecule has 5 aromatic rings. The molecule has 0 radical (unpaired) electrons. The molecule has 3 heterocycles. The Morgan fingerprint density at radius 1 is 0.977 bits per heavy atom. The zero-order valence-corrected chi connectivity index (χ0v) is 24.7. The van der Waals surface area contributed by atoms with Crippen molar-refractivity contribution in [3.8, 4) is 11.4 Å². The molecular weight excluding hydrogens is 565 g/mol. The van der Waals surface area contributed by atoms with Crippen LogP contribution in [0.25, 0.3) is 22.5 Å². The zero-order valence-electron chi connectivity index (χ0n) is 24.7.